The van der Waals surface area contributed by atoms with Gasteiger partial charge in [0.25, 0.3) is 0 Å². The Hall–Kier alpha value is -8.72. The summed E-state index contributed by atoms with van der Waals surface area (Å²) in [5, 5.41) is 136. The van der Waals surface area contributed by atoms with E-state index in [1.54, 1.807) is 48.5 Å². The summed E-state index contributed by atoms with van der Waals surface area (Å²) < 4.78 is 139. The molecule has 6 aliphatic rings. The predicted octanol–water partition coefficient (Wildman–Crippen LogP) is 1.27. The van der Waals surface area contributed by atoms with Crippen molar-refractivity contribution in [3.63, 3.8) is 0 Å². The first-order valence-corrected chi connectivity index (χ1v) is 36.9. The van der Waals surface area contributed by atoms with Gasteiger partial charge in [-0.2, -0.15) is 0 Å². The molecule has 6 fully saturated rings. The fourth-order valence-electron chi connectivity index (χ4n) is 15.4. The molecule has 0 bridgehead atoms. The second kappa shape index (κ2) is 36.8. The standard InChI is InChI=1S/C74H89F6N11O22/c1-33-58(94)63(99)64(100)73(106-33)113-65-49(91-29-46(85-88-91)35-13-7-3-8-14-35)25-40(27-51(65)109-74-67(112-71(105)36-15-9-4-10-16-36)66(61(97)54(32-93)111-74)107-52(70(103)104)19-34-11-5-2-6-12-34)69(102)84-18-17-83-68(101)39-24-48(90-30-47(86-87-90)38-22-43(77)56(80)44(78)23-38)59(95)50(26-39)108-72-62(98)57(60(96)53(31-92)110-72)89(82)28-45(81)37-20-41(75)55(79)42(76)21-37/h3-4,7-10,13-16,20-23,28-30,33-34,39-40,48-54,57-67,72-74,92-100H,2,5-6,11-12,17-19,24-27,31-32,81-82H2,1H3,(H,83,101)(H,84,102)(H,103,104)/b45-28-/t33?,39?,40?,48?,49-,50-,51-,52+,53?,54?,57?,58-,59?,60+,61+,62?,63?,64?,65?,66?,67?,72-,73+,74-/m1/s1. The van der Waals surface area contributed by atoms with Crippen molar-refractivity contribution >= 4 is 29.5 Å². The number of nitrogens with two attached hydrogens (primary N) is 2. The number of hydrogen-bond donors (Lipinski definition) is 14. The molecular formula is C74H89F6N11O22. The second-order valence-electron chi connectivity index (χ2n) is 29.1. The van der Waals surface area contributed by atoms with Crippen LogP contribution in [-0.2, 0) is 52.3 Å². The number of carboxylic acid groups (broad SMARTS) is 1. The number of aliphatic carboxylic acids is 1. The van der Waals surface area contributed by atoms with Crippen LogP contribution in [-0.4, -0.2) is 259 Å². The molecule has 0 spiro atoms. The number of aliphatic hydroxyl groups excluding tert-OH is 9. The molecule has 16 N–H and O–H groups in total. The maximum absolute atomic E-state index is 15.1. The summed E-state index contributed by atoms with van der Waals surface area (Å²) in [4.78, 5) is 57.3. The van der Waals surface area contributed by atoms with Gasteiger partial charge in [0.1, 0.15) is 84.6 Å². The molecule has 0 radical (unpaired) electrons. The van der Waals surface area contributed by atoms with Gasteiger partial charge in [-0.3, -0.25) is 9.59 Å². The summed E-state index contributed by atoms with van der Waals surface area (Å²) in [6.45, 7) is -1.19. The van der Waals surface area contributed by atoms with Gasteiger partial charge in [0.15, 0.2) is 66.0 Å². The number of hydrazine groups is 1. The number of rotatable bonds is 27. The van der Waals surface area contributed by atoms with Crippen molar-refractivity contribution in [3.8, 4) is 22.5 Å². The molecule has 614 valence electrons. The quantitative estimate of drug-likeness (QED) is 0.00862. The first-order valence-electron chi connectivity index (χ1n) is 36.9. The van der Waals surface area contributed by atoms with Gasteiger partial charge in [-0.25, -0.2) is 51.1 Å². The molecule has 3 aliphatic heterocycles. The Kier molecular flexibility index (Phi) is 27.3. The average molecular weight is 1600 g/mol. The number of amides is 2. The molecular weight excluding hydrogens is 1510 g/mol. The first-order chi connectivity index (χ1) is 54.1. The van der Waals surface area contributed by atoms with E-state index in [1.165, 1.54) is 29.9 Å². The number of carboxylic acids is 1. The molecule has 33 nitrogen and oxygen atoms in total. The second-order valence-corrected chi connectivity index (χ2v) is 29.1. The Bertz CT molecular complexity index is 4230. The minimum atomic E-state index is -2.07. The van der Waals surface area contributed by atoms with Gasteiger partial charge in [0.05, 0.1) is 67.3 Å². The molecule has 3 saturated carbocycles. The summed E-state index contributed by atoms with van der Waals surface area (Å²) in [5.74, 6) is -10.1. The molecule has 3 saturated heterocycles. The molecule has 2 amide bonds. The molecule has 12 rings (SSSR count). The highest BCUT2D eigenvalue weighted by atomic mass is 19.2. The van der Waals surface area contributed by atoms with Crippen LogP contribution in [0, 0.1) is 52.7 Å². The minimum Gasteiger partial charge on any atom is -0.479 e. The third-order valence-electron chi connectivity index (χ3n) is 21.6. The van der Waals surface area contributed by atoms with Gasteiger partial charge in [-0.05, 0) is 81.3 Å². The summed E-state index contributed by atoms with van der Waals surface area (Å²) in [7, 11) is 0. The molecule has 3 aliphatic carbocycles. The topological polar surface area (TPSA) is 485 Å². The normalized spacial score (nSPS) is 32.1. The number of esters is 1. The molecule has 39 heteroatoms. The molecule has 14 unspecified atom stereocenters. The van der Waals surface area contributed by atoms with Crippen molar-refractivity contribution in [2.24, 2.45) is 29.3 Å². The summed E-state index contributed by atoms with van der Waals surface area (Å²) >= 11 is 0. The van der Waals surface area contributed by atoms with E-state index in [2.05, 4.69) is 31.3 Å². The molecule has 6 aromatic rings. The maximum Gasteiger partial charge on any atom is 0.338 e. The van der Waals surface area contributed by atoms with E-state index in [1.807, 2.05) is 0 Å². The van der Waals surface area contributed by atoms with Crippen LogP contribution >= 0.6 is 0 Å². The Morgan fingerprint density at radius 1 is 0.593 bits per heavy atom. The SMILES string of the molecule is CC1O[C@@H](OC2[C@H](n3cc(-c4ccccc4)nn3)CC(C(=O)NCCNC(=O)C3CC(n4cc(-c5cc(F)c(F)c(F)c5)nn4)C(O)[C@H](O[C@@H]4OC(CO)[C@H](O)C(N(N)/C=C(\N)c5cc(F)c(F)c(F)c5)C4O)C3)C[C@H]2O[C@@H]2OC(CO)[C@H](O)C(O[C@@H](CC3CCCCC3)C(=O)O)C2OC(=O)c2ccccc2)C(O)C(O)[C@@H]1O. The highest BCUT2D eigenvalue weighted by molar-refractivity contribution is 5.89. The number of aromatic nitrogens is 6. The number of halogens is 6. The highest BCUT2D eigenvalue weighted by Crippen LogP contribution is 2.44. The van der Waals surface area contributed by atoms with Crippen molar-refractivity contribution in [2.75, 3.05) is 26.3 Å². The van der Waals surface area contributed by atoms with E-state index in [0.29, 0.717) is 53.4 Å². The number of benzene rings is 4. The Morgan fingerprint density at radius 3 is 1.73 bits per heavy atom. The van der Waals surface area contributed by atoms with Gasteiger partial charge >= 0.3 is 11.9 Å². The van der Waals surface area contributed by atoms with E-state index < -0.39 is 242 Å². The van der Waals surface area contributed by atoms with Crippen LogP contribution < -0.4 is 22.2 Å². The van der Waals surface area contributed by atoms with Crippen molar-refractivity contribution in [3.05, 3.63) is 150 Å². The van der Waals surface area contributed by atoms with Gasteiger partial charge in [-0.1, -0.05) is 91.1 Å². The lowest BCUT2D eigenvalue weighted by atomic mass is 9.80. The van der Waals surface area contributed by atoms with Crippen LogP contribution in [0.3, 0.4) is 0 Å². The number of hydrogen-bond acceptors (Lipinski definition) is 28. The lowest BCUT2D eigenvalue weighted by Gasteiger charge is -2.48. The number of nitrogens with one attached hydrogen (secondary N) is 2. The first kappa shape index (κ1) is 83.7. The molecule has 4 aromatic carbocycles. The fraction of sp³-hybridized carbons (Fsp3) is 0.541. The zero-order valence-electron chi connectivity index (χ0n) is 60.6. The van der Waals surface area contributed by atoms with E-state index in [-0.39, 0.29) is 55.1 Å². The monoisotopic (exact) mass is 1600 g/mol. The van der Waals surface area contributed by atoms with E-state index >= 15 is 4.79 Å². The van der Waals surface area contributed by atoms with Crippen molar-refractivity contribution in [2.45, 2.75) is 206 Å². The van der Waals surface area contributed by atoms with Crippen LogP contribution in [0.15, 0.2) is 104 Å². The Balaban J connectivity index is 0.828. The van der Waals surface area contributed by atoms with Gasteiger partial charge in [-0.15, -0.1) is 10.2 Å². The number of carbonyl (C=O) groups is 4. The Labute approximate surface area is 640 Å². The zero-order valence-corrected chi connectivity index (χ0v) is 60.6. The van der Waals surface area contributed by atoms with Gasteiger partial charge < -0.3 is 110 Å². The highest BCUT2D eigenvalue weighted by Gasteiger charge is 2.56. The minimum absolute atomic E-state index is 0.0121. The molecule has 113 heavy (non-hydrogen) atoms. The van der Waals surface area contributed by atoms with E-state index in [4.69, 9.17) is 49.5 Å². The smallest absolute Gasteiger partial charge is 0.338 e. The predicted molar refractivity (Wildman–Crippen MR) is 374 cm³/mol. The van der Waals surface area contributed by atoms with Crippen molar-refractivity contribution < 1.29 is 134 Å². The summed E-state index contributed by atoms with van der Waals surface area (Å²) in [5.41, 5.74) is 5.53. The Morgan fingerprint density at radius 2 is 1.12 bits per heavy atom. The number of nitrogens with zero attached hydrogens (tertiary/aromatic N) is 7. The lowest BCUT2D eigenvalue weighted by molar-refractivity contribution is -0.348. The number of ether oxygens (including phenoxy) is 8. The van der Waals surface area contributed by atoms with Crippen LogP contribution in [0.4, 0.5) is 26.3 Å². The fourth-order valence-corrected chi connectivity index (χ4v) is 15.4. The summed E-state index contributed by atoms with van der Waals surface area (Å²) in [6.07, 6.45) is -27.1. The van der Waals surface area contributed by atoms with Crippen LogP contribution in [0.1, 0.15) is 99.1 Å². The van der Waals surface area contributed by atoms with E-state index in [0.717, 1.165) is 36.3 Å². The van der Waals surface area contributed by atoms with Crippen LogP contribution in [0.25, 0.3) is 28.2 Å². The summed E-state index contributed by atoms with van der Waals surface area (Å²) in [6, 6.07) is 14.3. The molecule has 24 atom stereocenters. The van der Waals surface area contributed by atoms with Gasteiger partial charge in [0.2, 0.25) is 11.8 Å². The maximum atomic E-state index is 15.1. The zero-order chi connectivity index (χ0) is 80.8. The largest absolute Gasteiger partial charge is 0.479 e. The van der Waals surface area contributed by atoms with E-state index in [9.17, 15) is 91.8 Å². The van der Waals surface area contributed by atoms with Crippen LogP contribution in [0.5, 0.6) is 0 Å². The van der Waals surface area contributed by atoms with Crippen LogP contribution in [0.2, 0.25) is 0 Å². The van der Waals surface area contributed by atoms with Gasteiger partial charge in [0, 0.05) is 47.8 Å². The van der Waals surface area contributed by atoms with Crippen molar-refractivity contribution in [1.29, 1.82) is 0 Å². The number of carbonyl (C=O) groups excluding carboxylic acids is 3. The average Bonchev–Trinajstić information content (AvgIpc) is 1.65. The lowest BCUT2D eigenvalue weighted by Crippen LogP contribution is -2.66. The molecule has 5 heterocycles. The third-order valence-corrected chi connectivity index (χ3v) is 21.6. The number of aliphatic hydroxyl groups is 9. The third kappa shape index (κ3) is 19.0. The van der Waals surface area contributed by atoms with Crippen molar-refractivity contribution in [1.82, 2.24) is 45.6 Å². The molecule has 2 aromatic heterocycles.